The standard InChI is InChI=1S/C22H21N3O2S/c1-13(2)27-17-9-5-3-7-14(17)11-15(12-23)20-24-21(26)19-16-8-4-6-10-18(16)28-22(19)25-20/h3,5,7,9,11,13H,4,6,8,10H2,1-2H3,(H,24,25,26). The molecule has 2 aromatic heterocycles. The summed E-state index contributed by atoms with van der Waals surface area (Å²) < 4.78 is 5.83. The number of ether oxygens (including phenoxy) is 1. The third-order valence-electron chi connectivity index (χ3n) is 4.78. The van der Waals surface area contributed by atoms with Gasteiger partial charge in [-0.1, -0.05) is 18.2 Å². The first-order valence-electron chi connectivity index (χ1n) is 9.49. The van der Waals surface area contributed by atoms with Gasteiger partial charge in [-0.15, -0.1) is 11.3 Å². The Balaban J connectivity index is 1.81. The lowest BCUT2D eigenvalue weighted by Crippen LogP contribution is -2.12. The number of thiophene rings is 1. The molecule has 0 unspecified atom stereocenters. The first-order chi connectivity index (χ1) is 13.6. The molecule has 0 saturated carbocycles. The number of allylic oxidation sites excluding steroid dienone is 1. The van der Waals surface area contributed by atoms with E-state index in [4.69, 9.17) is 4.74 Å². The van der Waals surface area contributed by atoms with Gasteiger partial charge in [0.05, 0.1) is 17.1 Å². The first kappa shape index (κ1) is 18.5. The molecule has 0 bridgehead atoms. The van der Waals surface area contributed by atoms with Crippen molar-refractivity contribution in [1.82, 2.24) is 9.97 Å². The number of fused-ring (bicyclic) bond motifs is 3. The van der Waals surface area contributed by atoms with Gasteiger partial charge in [-0.2, -0.15) is 5.26 Å². The van der Waals surface area contributed by atoms with Crippen molar-refractivity contribution in [1.29, 1.82) is 5.26 Å². The monoisotopic (exact) mass is 391 g/mol. The largest absolute Gasteiger partial charge is 0.490 e. The molecule has 0 spiro atoms. The molecule has 5 nitrogen and oxygen atoms in total. The van der Waals surface area contributed by atoms with Gasteiger partial charge in [0.2, 0.25) is 0 Å². The van der Waals surface area contributed by atoms with Gasteiger partial charge in [0.1, 0.15) is 16.6 Å². The second-order valence-electron chi connectivity index (χ2n) is 7.18. The van der Waals surface area contributed by atoms with E-state index in [9.17, 15) is 10.1 Å². The number of aromatic amines is 1. The minimum Gasteiger partial charge on any atom is -0.490 e. The van der Waals surface area contributed by atoms with E-state index in [2.05, 4.69) is 16.0 Å². The van der Waals surface area contributed by atoms with Gasteiger partial charge in [-0.25, -0.2) is 4.98 Å². The number of nitrogens with one attached hydrogen (secondary N) is 1. The fourth-order valence-corrected chi connectivity index (χ4v) is 4.82. The number of hydrogen-bond donors (Lipinski definition) is 1. The molecule has 3 aromatic rings. The molecule has 0 fully saturated rings. The molecule has 1 N–H and O–H groups in total. The zero-order chi connectivity index (χ0) is 19.7. The number of para-hydroxylation sites is 1. The van der Waals surface area contributed by atoms with Crippen LogP contribution in [0.25, 0.3) is 21.9 Å². The molecule has 28 heavy (non-hydrogen) atoms. The van der Waals surface area contributed by atoms with Crippen molar-refractivity contribution in [2.24, 2.45) is 0 Å². The summed E-state index contributed by atoms with van der Waals surface area (Å²) in [5, 5.41) is 10.4. The summed E-state index contributed by atoms with van der Waals surface area (Å²) >= 11 is 1.58. The summed E-state index contributed by atoms with van der Waals surface area (Å²) in [6, 6.07) is 9.71. The minimum absolute atomic E-state index is 0.0202. The minimum atomic E-state index is -0.160. The molecule has 0 aliphatic heterocycles. The highest BCUT2D eigenvalue weighted by Crippen LogP contribution is 2.34. The van der Waals surface area contributed by atoms with Crippen LogP contribution in [0.3, 0.4) is 0 Å². The molecule has 4 rings (SSSR count). The zero-order valence-corrected chi connectivity index (χ0v) is 16.7. The fraction of sp³-hybridized carbons (Fsp3) is 0.318. The Morgan fingerprint density at radius 3 is 2.89 bits per heavy atom. The molecule has 2 heterocycles. The van der Waals surface area contributed by atoms with Gasteiger partial charge in [-0.3, -0.25) is 4.79 Å². The van der Waals surface area contributed by atoms with E-state index >= 15 is 0 Å². The van der Waals surface area contributed by atoms with Gasteiger partial charge in [0.25, 0.3) is 5.56 Å². The predicted molar refractivity (Wildman–Crippen MR) is 113 cm³/mol. The molecule has 142 valence electrons. The number of aryl methyl sites for hydroxylation is 2. The van der Waals surface area contributed by atoms with Gasteiger partial charge in [0.15, 0.2) is 5.82 Å². The Kier molecular flexibility index (Phi) is 5.01. The van der Waals surface area contributed by atoms with Crippen LogP contribution in [-0.2, 0) is 12.8 Å². The van der Waals surface area contributed by atoms with Crippen LogP contribution in [0.15, 0.2) is 29.1 Å². The third-order valence-corrected chi connectivity index (χ3v) is 5.97. The van der Waals surface area contributed by atoms with Crippen LogP contribution in [0.1, 0.15) is 48.5 Å². The van der Waals surface area contributed by atoms with E-state index in [1.54, 1.807) is 17.4 Å². The number of aromatic nitrogens is 2. The molecule has 0 radical (unpaired) electrons. The lowest BCUT2D eigenvalue weighted by atomic mass is 9.97. The summed E-state index contributed by atoms with van der Waals surface area (Å²) in [7, 11) is 0. The first-order valence-corrected chi connectivity index (χ1v) is 10.3. The number of benzene rings is 1. The van der Waals surface area contributed by atoms with Crippen LogP contribution in [0, 0.1) is 11.3 Å². The van der Waals surface area contributed by atoms with Crippen LogP contribution in [0.4, 0.5) is 0 Å². The van der Waals surface area contributed by atoms with Gasteiger partial charge >= 0.3 is 0 Å². The maximum atomic E-state index is 12.8. The van der Waals surface area contributed by atoms with Gasteiger partial charge in [-0.05, 0) is 57.2 Å². The van der Waals surface area contributed by atoms with Crippen LogP contribution in [0.2, 0.25) is 0 Å². The lowest BCUT2D eigenvalue weighted by Gasteiger charge is -2.12. The smallest absolute Gasteiger partial charge is 0.260 e. The Morgan fingerprint density at radius 1 is 1.32 bits per heavy atom. The van der Waals surface area contributed by atoms with Gasteiger partial charge in [0, 0.05) is 10.4 Å². The van der Waals surface area contributed by atoms with E-state index in [0.717, 1.165) is 41.6 Å². The van der Waals surface area contributed by atoms with Crippen molar-refractivity contribution in [2.75, 3.05) is 0 Å². The van der Waals surface area contributed by atoms with Crippen LogP contribution < -0.4 is 10.3 Å². The highest BCUT2D eigenvalue weighted by molar-refractivity contribution is 7.18. The molecule has 1 aliphatic rings. The van der Waals surface area contributed by atoms with E-state index in [-0.39, 0.29) is 11.7 Å². The Hall–Kier alpha value is -2.91. The SMILES string of the molecule is CC(C)Oc1ccccc1C=C(C#N)c1nc2sc3c(c2c(=O)[nH]1)CCCC3. The summed E-state index contributed by atoms with van der Waals surface area (Å²) in [5.74, 6) is 0.998. The van der Waals surface area contributed by atoms with Crippen molar-refractivity contribution >= 4 is 33.2 Å². The number of hydrogen-bond acceptors (Lipinski definition) is 5. The highest BCUT2D eigenvalue weighted by Gasteiger charge is 2.20. The van der Waals surface area contributed by atoms with E-state index in [1.807, 2.05) is 38.1 Å². The van der Waals surface area contributed by atoms with Crippen molar-refractivity contribution in [3.05, 3.63) is 56.4 Å². The van der Waals surface area contributed by atoms with Crippen LogP contribution in [-0.4, -0.2) is 16.1 Å². The maximum Gasteiger partial charge on any atom is 0.260 e. The van der Waals surface area contributed by atoms with E-state index in [0.29, 0.717) is 22.5 Å². The number of rotatable bonds is 4. The molecule has 0 amide bonds. The second-order valence-corrected chi connectivity index (χ2v) is 8.26. The quantitative estimate of drug-likeness (QED) is 0.653. The zero-order valence-electron chi connectivity index (χ0n) is 15.9. The van der Waals surface area contributed by atoms with Crippen LogP contribution >= 0.6 is 11.3 Å². The average molecular weight is 391 g/mol. The topological polar surface area (TPSA) is 78.8 Å². The molecule has 1 aromatic carbocycles. The number of nitrogens with zero attached hydrogens (tertiary/aromatic N) is 2. The summed E-state index contributed by atoms with van der Waals surface area (Å²) in [4.78, 5) is 22.2. The molecule has 6 heteroatoms. The highest BCUT2D eigenvalue weighted by atomic mass is 32.1. The summed E-state index contributed by atoms with van der Waals surface area (Å²) in [5.41, 5.74) is 2.07. The average Bonchev–Trinajstić information content (AvgIpc) is 3.05. The Morgan fingerprint density at radius 2 is 2.11 bits per heavy atom. The summed E-state index contributed by atoms with van der Waals surface area (Å²) in [6.07, 6.45) is 5.94. The van der Waals surface area contributed by atoms with Crippen molar-refractivity contribution in [3.8, 4) is 11.8 Å². The normalized spacial score (nSPS) is 14.1. The van der Waals surface area contributed by atoms with Crippen molar-refractivity contribution in [2.45, 2.75) is 45.6 Å². The molecule has 1 aliphatic carbocycles. The van der Waals surface area contributed by atoms with Crippen molar-refractivity contribution in [3.63, 3.8) is 0 Å². The van der Waals surface area contributed by atoms with E-state index in [1.165, 1.54) is 4.88 Å². The number of H-pyrrole nitrogens is 1. The molecule has 0 atom stereocenters. The number of nitriles is 1. The second kappa shape index (κ2) is 7.61. The maximum absolute atomic E-state index is 12.8. The Bertz CT molecular complexity index is 1160. The predicted octanol–water partition coefficient (Wildman–Crippen LogP) is 4.71. The summed E-state index contributed by atoms with van der Waals surface area (Å²) in [6.45, 7) is 3.91. The third kappa shape index (κ3) is 3.46. The molecule has 0 saturated heterocycles. The van der Waals surface area contributed by atoms with Crippen molar-refractivity contribution < 1.29 is 4.74 Å². The molecular weight excluding hydrogens is 370 g/mol. The van der Waals surface area contributed by atoms with Crippen LogP contribution in [0.5, 0.6) is 5.75 Å². The molecular formula is C22H21N3O2S. The Labute approximate surface area is 167 Å². The van der Waals surface area contributed by atoms with Gasteiger partial charge < -0.3 is 9.72 Å². The van der Waals surface area contributed by atoms with E-state index < -0.39 is 0 Å². The fourth-order valence-electron chi connectivity index (χ4n) is 3.56. The lowest BCUT2D eigenvalue weighted by molar-refractivity contribution is 0.242.